The number of hydrogen-bond acceptors (Lipinski definition) is 2. The van der Waals surface area contributed by atoms with Gasteiger partial charge in [0.15, 0.2) is 0 Å². The normalized spacial score (nSPS) is 9.27. The second kappa shape index (κ2) is 3.53. The molecule has 0 aliphatic heterocycles. The molecule has 57 valence electrons. The molecule has 3 heteroatoms. The molecule has 0 saturated carbocycles. The molecule has 0 spiro atoms. The molecule has 0 fully saturated rings. The van der Waals surface area contributed by atoms with E-state index in [2.05, 4.69) is 15.9 Å². The summed E-state index contributed by atoms with van der Waals surface area (Å²) in [6.07, 6.45) is 1.78. The highest BCUT2D eigenvalue weighted by molar-refractivity contribution is 9.10. The minimum atomic E-state index is 0.512. The first-order valence-electron chi connectivity index (χ1n) is 2.99. The third-order valence-corrected chi connectivity index (χ3v) is 1.89. The zero-order chi connectivity index (χ0) is 8.27. The smallest absolute Gasteiger partial charge is 0.233 e. The van der Waals surface area contributed by atoms with E-state index >= 15 is 0 Å². The fourth-order valence-electron chi connectivity index (χ4n) is 0.730. The Morgan fingerprint density at radius 1 is 1.55 bits per heavy atom. The lowest BCUT2D eigenvalue weighted by Crippen LogP contribution is -1.86. The third kappa shape index (κ3) is 1.80. The van der Waals surface area contributed by atoms with Gasteiger partial charge >= 0.3 is 0 Å². The molecule has 0 aliphatic carbocycles. The number of methoxy groups -OCH3 is 1. The van der Waals surface area contributed by atoms with Crippen LogP contribution in [0.4, 0.5) is 0 Å². The van der Waals surface area contributed by atoms with E-state index in [1.165, 1.54) is 0 Å². The van der Waals surface area contributed by atoms with Crippen LogP contribution in [0.2, 0.25) is 0 Å². The van der Waals surface area contributed by atoms with Crippen LogP contribution in [0.1, 0.15) is 5.56 Å². The lowest BCUT2D eigenvalue weighted by atomic mass is 10.2. The molecular formula is C8H6BrO2. The SMILES string of the molecule is COc1ccc([C]=O)cc1Br. The predicted molar refractivity (Wildman–Crippen MR) is 45.5 cm³/mol. The van der Waals surface area contributed by atoms with E-state index in [9.17, 15) is 4.79 Å². The Morgan fingerprint density at radius 3 is 2.73 bits per heavy atom. The largest absolute Gasteiger partial charge is 0.496 e. The second-order valence-corrected chi connectivity index (χ2v) is 2.81. The molecule has 2 nitrogen and oxygen atoms in total. The lowest BCUT2D eigenvalue weighted by Gasteiger charge is -2.01. The molecule has 0 unspecified atom stereocenters. The summed E-state index contributed by atoms with van der Waals surface area (Å²) in [5.74, 6) is 0.712. The summed E-state index contributed by atoms with van der Waals surface area (Å²) < 4.78 is 5.73. The van der Waals surface area contributed by atoms with E-state index in [0.717, 1.165) is 4.47 Å². The molecule has 11 heavy (non-hydrogen) atoms. The molecule has 0 aromatic heterocycles. The van der Waals surface area contributed by atoms with Gasteiger partial charge in [-0.25, -0.2) is 0 Å². The minimum Gasteiger partial charge on any atom is -0.496 e. The first kappa shape index (κ1) is 8.27. The van der Waals surface area contributed by atoms with Crippen LogP contribution in [0.15, 0.2) is 22.7 Å². The van der Waals surface area contributed by atoms with Crippen LogP contribution in [-0.2, 0) is 4.79 Å². The minimum absolute atomic E-state index is 0.512. The summed E-state index contributed by atoms with van der Waals surface area (Å²) in [7, 11) is 1.57. The van der Waals surface area contributed by atoms with Crippen LogP contribution in [0, 0.1) is 0 Å². The van der Waals surface area contributed by atoms with Gasteiger partial charge in [0, 0.05) is 5.56 Å². The number of halogens is 1. The third-order valence-electron chi connectivity index (χ3n) is 1.27. The molecule has 1 rings (SSSR count). The molecule has 0 N–H and O–H groups in total. The monoisotopic (exact) mass is 213 g/mol. The van der Waals surface area contributed by atoms with Crippen molar-refractivity contribution >= 4 is 22.2 Å². The summed E-state index contributed by atoms with van der Waals surface area (Å²) in [5, 5.41) is 0. The fraction of sp³-hybridized carbons (Fsp3) is 0.125. The highest BCUT2D eigenvalue weighted by Gasteiger charge is 1.99. The lowest BCUT2D eigenvalue weighted by molar-refractivity contribution is 0.412. The van der Waals surface area contributed by atoms with E-state index < -0.39 is 0 Å². The van der Waals surface area contributed by atoms with Gasteiger partial charge in [0.25, 0.3) is 0 Å². The van der Waals surface area contributed by atoms with Crippen molar-refractivity contribution in [1.82, 2.24) is 0 Å². The highest BCUT2D eigenvalue weighted by Crippen LogP contribution is 2.24. The fourth-order valence-corrected chi connectivity index (χ4v) is 1.27. The van der Waals surface area contributed by atoms with Gasteiger partial charge in [0.1, 0.15) is 5.75 Å². The van der Waals surface area contributed by atoms with Crippen molar-refractivity contribution in [2.24, 2.45) is 0 Å². The maximum absolute atomic E-state index is 10.2. The topological polar surface area (TPSA) is 26.3 Å². The Bertz CT molecular complexity index is 271. The first-order valence-corrected chi connectivity index (χ1v) is 3.79. The summed E-state index contributed by atoms with van der Waals surface area (Å²) in [6.45, 7) is 0. The van der Waals surface area contributed by atoms with Gasteiger partial charge in [-0.05, 0) is 34.1 Å². The van der Waals surface area contributed by atoms with Crippen LogP contribution in [0.5, 0.6) is 5.75 Å². The summed E-state index contributed by atoms with van der Waals surface area (Å²) in [6, 6.07) is 5.02. The number of rotatable bonds is 2. The molecule has 1 aromatic carbocycles. The van der Waals surface area contributed by atoms with Crippen molar-refractivity contribution in [3.8, 4) is 5.75 Å². The maximum Gasteiger partial charge on any atom is 0.233 e. The number of carbonyl (C=O) groups excluding carboxylic acids is 1. The Balaban J connectivity index is 3.09. The van der Waals surface area contributed by atoms with Gasteiger partial charge in [-0.2, -0.15) is 0 Å². The number of ether oxygens (including phenoxy) is 1. The molecule has 0 saturated heterocycles. The zero-order valence-corrected chi connectivity index (χ0v) is 7.51. The molecule has 0 heterocycles. The summed E-state index contributed by atoms with van der Waals surface area (Å²) in [5.41, 5.74) is 0.512. The average Bonchev–Trinajstić information content (AvgIpc) is 2.04. The van der Waals surface area contributed by atoms with Crippen LogP contribution in [-0.4, -0.2) is 13.4 Å². The Kier molecular flexibility index (Phi) is 2.65. The van der Waals surface area contributed by atoms with Gasteiger partial charge in [0.2, 0.25) is 6.29 Å². The first-order chi connectivity index (χ1) is 5.27. The van der Waals surface area contributed by atoms with E-state index in [-0.39, 0.29) is 0 Å². The highest BCUT2D eigenvalue weighted by atomic mass is 79.9. The van der Waals surface area contributed by atoms with Crippen LogP contribution in [0.3, 0.4) is 0 Å². The van der Waals surface area contributed by atoms with Crippen molar-refractivity contribution < 1.29 is 9.53 Å². The molecule has 0 aliphatic rings. The van der Waals surface area contributed by atoms with Crippen molar-refractivity contribution in [1.29, 1.82) is 0 Å². The van der Waals surface area contributed by atoms with Crippen LogP contribution < -0.4 is 4.74 Å². The Morgan fingerprint density at radius 2 is 2.27 bits per heavy atom. The van der Waals surface area contributed by atoms with Gasteiger partial charge in [0.05, 0.1) is 11.6 Å². The summed E-state index contributed by atoms with van der Waals surface area (Å²) in [4.78, 5) is 10.2. The second-order valence-electron chi connectivity index (χ2n) is 1.95. The standard InChI is InChI=1S/C8H6BrO2/c1-11-8-3-2-6(5-10)4-7(8)9/h2-4H,1H3. The predicted octanol–water partition coefficient (Wildman–Crippen LogP) is 1.92. The Labute approximate surface area is 73.3 Å². The number of hydrogen-bond donors (Lipinski definition) is 0. The van der Waals surface area contributed by atoms with Crippen LogP contribution >= 0.6 is 15.9 Å². The quantitative estimate of drug-likeness (QED) is 0.751. The van der Waals surface area contributed by atoms with Crippen molar-refractivity contribution in [2.75, 3.05) is 7.11 Å². The number of benzene rings is 1. The molecule has 0 bridgehead atoms. The van der Waals surface area contributed by atoms with E-state index in [1.807, 2.05) is 0 Å². The molecule has 0 amide bonds. The molecule has 1 aromatic rings. The Hall–Kier alpha value is -0.830. The molecule has 1 radical (unpaired) electrons. The van der Waals surface area contributed by atoms with Gasteiger partial charge in [-0.15, -0.1) is 0 Å². The maximum atomic E-state index is 10.2. The van der Waals surface area contributed by atoms with Gasteiger partial charge < -0.3 is 4.74 Å². The van der Waals surface area contributed by atoms with Gasteiger partial charge in [-0.1, -0.05) is 0 Å². The average molecular weight is 214 g/mol. The van der Waals surface area contributed by atoms with Gasteiger partial charge in [-0.3, -0.25) is 4.79 Å². The summed E-state index contributed by atoms with van der Waals surface area (Å²) >= 11 is 3.24. The van der Waals surface area contributed by atoms with Crippen molar-refractivity contribution in [2.45, 2.75) is 0 Å². The van der Waals surface area contributed by atoms with Crippen molar-refractivity contribution in [3.05, 3.63) is 28.2 Å². The zero-order valence-electron chi connectivity index (χ0n) is 5.93. The molecular weight excluding hydrogens is 208 g/mol. The van der Waals surface area contributed by atoms with Crippen molar-refractivity contribution in [3.63, 3.8) is 0 Å². The molecule has 0 atom stereocenters. The van der Waals surface area contributed by atoms with E-state index in [1.54, 1.807) is 31.6 Å². The van der Waals surface area contributed by atoms with E-state index in [0.29, 0.717) is 11.3 Å². The van der Waals surface area contributed by atoms with E-state index in [4.69, 9.17) is 4.74 Å². The van der Waals surface area contributed by atoms with Crippen LogP contribution in [0.25, 0.3) is 0 Å².